The van der Waals surface area contributed by atoms with Crippen molar-refractivity contribution in [2.24, 2.45) is 11.8 Å². The molecule has 0 saturated heterocycles. The lowest BCUT2D eigenvalue weighted by molar-refractivity contribution is -0.123. The molecule has 17 heavy (non-hydrogen) atoms. The van der Waals surface area contributed by atoms with Gasteiger partial charge < -0.3 is 10.6 Å². The van der Waals surface area contributed by atoms with Crippen LogP contribution in [0.25, 0.3) is 0 Å². The first kappa shape index (κ1) is 14.5. The van der Waals surface area contributed by atoms with Gasteiger partial charge >= 0.3 is 0 Å². The molecule has 1 rings (SSSR count). The third-order valence-electron chi connectivity index (χ3n) is 4.00. The third-order valence-corrected chi connectivity index (χ3v) is 4.00. The third kappa shape index (κ3) is 4.30. The molecule has 0 aromatic rings. The van der Waals surface area contributed by atoms with E-state index in [1.807, 2.05) is 20.8 Å². The fraction of sp³-hybridized carbons (Fsp3) is 0.929. The first-order valence-electron chi connectivity index (χ1n) is 6.98. The maximum Gasteiger partial charge on any atom is 0.237 e. The van der Waals surface area contributed by atoms with E-state index in [0.29, 0.717) is 12.0 Å². The van der Waals surface area contributed by atoms with Crippen LogP contribution >= 0.6 is 0 Å². The van der Waals surface area contributed by atoms with Gasteiger partial charge in [0.25, 0.3) is 0 Å². The number of hydrogen-bond acceptors (Lipinski definition) is 2. The minimum absolute atomic E-state index is 0.0878. The van der Waals surface area contributed by atoms with E-state index < -0.39 is 0 Å². The van der Waals surface area contributed by atoms with Crippen molar-refractivity contribution in [1.82, 2.24) is 10.6 Å². The number of carbonyl (C=O) groups is 1. The molecule has 0 bridgehead atoms. The van der Waals surface area contributed by atoms with Gasteiger partial charge in [0.05, 0.1) is 6.04 Å². The van der Waals surface area contributed by atoms with E-state index in [4.69, 9.17) is 0 Å². The smallest absolute Gasteiger partial charge is 0.237 e. The van der Waals surface area contributed by atoms with Gasteiger partial charge in [-0.05, 0) is 39.0 Å². The van der Waals surface area contributed by atoms with E-state index in [9.17, 15) is 4.79 Å². The van der Waals surface area contributed by atoms with E-state index in [1.165, 1.54) is 19.3 Å². The highest BCUT2D eigenvalue weighted by atomic mass is 16.2. The number of hydrogen-bond donors (Lipinski definition) is 2. The normalized spacial score (nSPS) is 31.3. The zero-order valence-electron chi connectivity index (χ0n) is 11.9. The fourth-order valence-corrected chi connectivity index (χ4v) is 2.62. The van der Waals surface area contributed by atoms with Gasteiger partial charge in [0.1, 0.15) is 0 Å². The van der Waals surface area contributed by atoms with E-state index >= 15 is 0 Å². The van der Waals surface area contributed by atoms with Crippen LogP contribution in [0.1, 0.15) is 53.9 Å². The summed E-state index contributed by atoms with van der Waals surface area (Å²) in [5, 5.41) is 6.45. The van der Waals surface area contributed by atoms with Crippen LogP contribution in [0.5, 0.6) is 0 Å². The van der Waals surface area contributed by atoms with Crippen molar-refractivity contribution in [2.75, 3.05) is 0 Å². The molecule has 0 aliphatic heterocycles. The summed E-state index contributed by atoms with van der Waals surface area (Å²) in [6.45, 7) is 10.6. The van der Waals surface area contributed by atoms with Crippen molar-refractivity contribution >= 4 is 5.91 Å². The Morgan fingerprint density at radius 3 is 2.41 bits per heavy atom. The fourth-order valence-electron chi connectivity index (χ4n) is 2.62. The summed E-state index contributed by atoms with van der Waals surface area (Å²) in [6, 6.07) is 0.622. The van der Waals surface area contributed by atoms with Gasteiger partial charge in [0, 0.05) is 12.1 Å². The lowest BCUT2D eigenvalue weighted by atomic mass is 9.78. The number of nitrogens with one attached hydrogen (secondary N) is 2. The molecular formula is C14H28N2O. The average Bonchev–Trinajstić information content (AvgIpc) is 2.23. The van der Waals surface area contributed by atoms with E-state index in [1.54, 1.807) is 0 Å². The summed E-state index contributed by atoms with van der Waals surface area (Å²) < 4.78 is 0. The lowest BCUT2D eigenvalue weighted by Gasteiger charge is -2.36. The summed E-state index contributed by atoms with van der Waals surface area (Å²) in [5.74, 6) is 1.55. The molecule has 0 heterocycles. The number of amides is 1. The molecule has 4 unspecified atom stereocenters. The zero-order valence-corrected chi connectivity index (χ0v) is 11.9. The Balaban J connectivity index is 2.44. The van der Waals surface area contributed by atoms with Gasteiger partial charge in [0.15, 0.2) is 0 Å². The monoisotopic (exact) mass is 240 g/mol. The maximum atomic E-state index is 11.8. The Morgan fingerprint density at radius 2 is 1.82 bits per heavy atom. The molecule has 4 atom stereocenters. The van der Waals surface area contributed by atoms with E-state index in [0.717, 1.165) is 5.92 Å². The quantitative estimate of drug-likeness (QED) is 0.792. The summed E-state index contributed by atoms with van der Waals surface area (Å²) >= 11 is 0. The lowest BCUT2D eigenvalue weighted by Crippen LogP contribution is -2.51. The van der Waals surface area contributed by atoms with Crippen LogP contribution < -0.4 is 10.6 Å². The molecule has 0 aromatic heterocycles. The van der Waals surface area contributed by atoms with Gasteiger partial charge in [-0.15, -0.1) is 0 Å². The van der Waals surface area contributed by atoms with Gasteiger partial charge in [-0.2, -0.15) is 0 Å². The van der Waals surface area contributed by atoms with Gasteiger partial charge in [-0.25, -0.2) is 0 Å². The van der Waals surface area contributed by atoms with Crippen molar-refractivity contribution in [3.05, 3.63) is 0 Å². The molecule has 3 heteroatoms. The van der Waals surface area contributed by atoms with Crippen LogP contribution in [0, 0.1) is 11.8 Å². The Labute approximate surface area is 106 Å². The van der Waals surface area contributed by atoms with Gasteiger partial charge in [0.2, 0.25) is 5.91 Å². The van der Waals surface area contributed by atoms with Gasteiger partial charge in [-0.3, -0.25) is 4.79 Å². The zero-order chi connectivity index (χ0) is 13.0. The highest BCUT2D eigenvalue weighted by Crippen LogP contribution is 2.29. The molecule has 1 aliphatic rings. The molecule has 2 N–H and O–H groups in total. The molecular weight excluding hydrogens is 212 g/mol. The first-order chi connectivity index (χ1) is 7.91. The Bertz CT molecular complexity index is 253. The second-order valence-corrected chi connectivity index (χ2v) is 5.93. The van der Waals surface area contributed by atoms with Crippen molar-refractivity contribution in [2.45, 2.75) is 72.0 Å². The van der Waals surface area contributed by atoms with Crippen LogP contribution in [-0.2, 0) is 4.79 Å². The molecule has 1 amide bonds. The summed E-state index contributed by atoms with van der Waals surface area (Å²) in [6.07, 6.45) is 3.80. The predicted octanol–water partition coefficient (Wildman–Crippen LogP) is 2.31. The van der Waals surface area contributed by atoms with Crippen molar-refractivity contribution in [3.8, 4) is 0 Å². The second kappa shape index (κ2) is 6.39. The van der Waals surface area contributed by atoms with Crippen LogP contribution in [0.15, 0.2) is 0 Å². The molecule has 100 valence electrons. The predicted molar refractivity (Wildman–Crippen MR) is 71.8 cm³/mol. The summed E-state index contributed by atoms with van der Waals surface area (Å²) in [4.78, 5) is 11.8. The minimum atomic E-state index is -0.0878. The molecule has 3 nitrogen and oxygen atoms in total. The SMILES string of the molecule is CC(C)NC(=O)C(C)NC1CCCC(C)C1C. The van der Waals surface area contributed by atoms with E-state index in [2.05, 4.69) is 24.5 Å². The molecule has 0 radical (unpaired) electrons. The van der Waals surface area contributed by atoms with Crippen LogP contribution in [0.2, 0.25) is 0 Å². The Hall–Kier alpha value is -0.570. The van der Waals surface area contributed by atoms with Gasteiger partial charge in [-0.1, -0.05) is 26.7 Å². The molecule has 1 saturated carbocycles. The standard InChI is InChI=1S/C14H28N2O/c1-9(2)15-14(17)12(5)16-13-8-6-7-10(3)11(13)4/h9-13,16H,6-8H2,1-5H3,(H,15,17). The molecule has 1 aliphatic carbocycles. The largest absolute Gasteiger partial charge is 0.353 e. The van der Waals surface area contributed by atoms with Crippen molar-refractivity contribution in [3.63, 3.8) is 0 Å². The number of rotatable bonds is 4. The van der Waals surface area contributed by atoms with Crippen molar-refractivity contribution in [1.29, 1.82) is 0 Å². The Kier molecular flexibility index (Phi) is 5.44. The molecule has 1 fully saturated rings. The Morgan fingerprint density at radius 1 is 1.18 bits per heavy atom. The first-order valence-corrected chi connectivity index (χ1v) is 6.98. The van der Waals surface area contributed by atoms with Crippen LogP contribution in [0.4, 0.5) is 0 Å². The topological polar surface area (TPSA) is 41.1 Å². The number of carbonyl (C=O) groups excluding carboxylic acids is 1. The minimum Gasteiger partial charge on any atom is -0.353 e. The molecule has 0 aromatic carbocycles. The molecule has 0 spiro atoms. The van der Waals surface area contributed by atoms with Crippen molar-refractivity contribution < 1.29 is 4.79 Å². The summed E-state index contributed by atoms with van der Waals surface area (Å²) in [5.41, 5.74) is 0. The highest BCUT2D eigenvalue weighted by molar-refractivity contribution is 5.81. The maximum absolute atomic E-state index is 11.8. The van der Waals surface area contributed by atoms with E-state index in [-0.39, 0.29) is 18.0 Å². The average molecular weight is 240 g/mol. The summed E-state index contributed by atoms with van der Waals surface area (Å²) in [7, 11) is 0. The second-order valence-electron chi connectivity index (χ2n) is 5.93. The highest BCUT2D eigenvalue weighted by Gasteiger charge is 2.29. The van der Waals surface area contributed by atoms with Crippen LogP contribution in [-0.4, -0.2) is 24.0 Å². The van der Waals surface area contributed by atoms with Crippen LogP contribution in [0.3, 0.4) is 0 Å².